The van der Waals surface area contributed by atoms with Crippen LogP contribution in [0.4, 0.5) is 0 Å². The van der Waals surface area contributed by atoms with Crippen molar-refractivity contribution in [2.75, 3.05) is 0 Å². The van der Waals surface area contributed by atoms with Gasteiger partial charge in [0.2, 0.25) is 5.89 Å². The van der Waals surface area contributed by atoms with Crippen LogP contribution in [0.1, 0.15) is 89.8 Å². The molecule has 21 heavy (non-hydrogen) atoms. The molecule has 0 atom stereocenters. The first kappa shape index (κ1) is 16.5. The van der Waals surface area contributed by atoms with E-state index in [4.69, 9.17) is 10.3 Å². The maximum Gasteiger partial charge on any atom is 0.226 e. The Morgan fingerprint density at radius 2 is 1.86 bits per heavy atom. The molecule has 4 heteroatoms. The van der Waals surface area contributed by atoms with Gasteiger partial charge in [-0.2, -0.15) is 4.98 Å². The molecule has 1 fully saturated rings. The van der Waals surface area contributed by atoms with Gasteiger partial charge in [-0.15, -0.1) is 0 Å². The zero-order valence-corrected chi connectivity index (χ0v) is 13.7. The number of aromatic nitrogens is 2. The lowest BCUT2D eigenvalue weighted by atomic mass is 9.76. The fourth-order valence-corrected chi connectivity index (χ4v) is 3.26. The van der Waals surface area contributed by atoms with E-state index in [0.29, 0.717) is 0 Å². The van der Waals surface area contributed by atoms with E-state index >= 15 is 0 Å². The number of aryl methyl sites for hydroxylation is 1. The van der Waals surface area contributed by atoms with Crippen LogP contribution in [0.15, 0.2) is 4.52 Å². The molecule has 0 spiro atoms. The molecule has 0 amide bonds. The van der Waals surface area contributed by atoms with E-state index < -0.39 is 0 Å². The summed E-state index contributed by atoms with van der Waals surface area (Å²) >= 11 is 0. The fourth-order valence-electron chi connectivity index (χ4n) is 3.26. The second-order valence-electron chi connectivity index (χ2n) is 6.68. The van der Waals surface area contributed by atoms with Crippen molar-refractivity contribution in [2.45, 2.75) is 90.0 Å². The summed E-state index contributed by atoms with van der Waals surface area (Å²) in [5, 5.41) is 4.17. The van der Waals surface area contributed by atoms with Gasteiger partial charge in [-0.1, -0.05) is 51.1 Å². The number of nitrogens with two attached hydrogens (primary N) is 1. The minimum Gasteiger partial charge on any atom is -0.339 e. The van der Waals surface area contributed by atoms with E-state index in [1.165, 1.54) is 44.9 Å². The molecular weight excluding hydrogens is 262 g/mol. The highest BCUT2D eigenvalue weighted by atomic mass is 16.5. The molecule has 1 heterocycles. The third kappa shape index (κ3) is 4.53. The van der Waals surface area contributed by atoms with E-state index in [2.05, 4.69) is 24.0 Å². The largest absolute Gasteiger partial charge is 0.339 e. The van der Waals surface area contributed by atoms with Crippen LogP contribution in [0, 0.1) is 5.92 Å². The van der Waals surface area contributed by atoms with Crippen LogP contribution in [0.25, 0.3) is 0 Å². The summed E-state index contributed by atoms with van der Waals surface area (Å²) in [7, 11) is 0. The van der Waals surface area contributed by atoms with E-state index in [1.807, 2.05) is 0 Å². The first-order chi connectivity index (χ1) is 10.2. The standard InChI is InChI=1S/C17H31N3O/c1-3-5-6-7-8-9-15-19-16(20-21-15)17(18)12-10-14(4-2)11-13-17/h14H,3-13,18H2,1-2H3. The van der Waals surface area contributed by atoms with Crippen molar-refractivity contribution < 1.29 is 4.52 Å². The molecule has 2 rings (SSSR count). The molecular formula is C17H31N3O. The van der Waals surface area contributed by atoms with Crippen molar-refractivity contribution in [3.05, 3.63) is 11.7 Å². The summed E-state index contributed by atoms with van der Waals surface area (Å²) in [4.78, 5) is 4.57. The SMILES string of the molecule is CCCCCCCc1nc(C2(N)CCC(CC)CC2)no1. The minimum absolute atomic E-state index is 0.352. The molecule has 4 nitrogen and oxygen atoms in total. The van der Waals surface area contributed by atoms with Crippen molar-refractivity contribution in [1.82, 2.24) is 10.1 Å². The average Bonchev–Trinajstić information content (AvgIpc) is 2.98. The van der Waals surface area contributed by atoms with E-state index in [-0.39, 0.29) is 5.54 Å². The molecule has 0 unspecified atom stereocenters. The van der Waals surface area contributed by atoms with Gasteiger partial charge in [0, 0.05) is 6.42 Å². The normalized spacial score (nSPS) is 26.1. The first-order valence-electron chi connectivity index (χ1n) is 8.80. The summed E-state index contributed by atoms with van der Waals surface area (Å²) < 4.78 is 5.40. The van der Waals surface area contributed by atoms with Crippen LogP contribution in [-0.2, 0) is 12.0 Å². The number of unbranched alkanes of at least 4 members (excludes halogenated alkanes) is 4. The smallest absolute Gasteiger partial charge is 0.226 e. The summed E-state index contributed by atoms with van der Waals surface area (Å²) in [5.74, 6) is 2.33. The molecule has 0 aromatic carbocycles. The predicted octanol–water partition coefficient (Wildman–Crippen LogP) is 4.34. The molecule has 2 N–H and O–H groups in total. The zero-order chi connectivity index (χ0) is 15.1. The molecule has 1 aliphatic carbocycles. The zero-order valence-electron chi connectivity index (χ0n) is 13.7. The Morgan fingerprint density at radius 3 is 2.52 bits per heavy atom. The Labute approximate surface area is 128 Å². The summed E-state index contributed by atoms with van der Waals surface area (Å²) in [6.07, 6.45) is 12.8. The van der Waals surface area contributed by atoms with Gasteiger partial charge in [-0.05, 0) is 38.0 Å². The van der Waals surface area contributed by atoms with Crippen molar-refractivity contribution in [3.8, 4) is 0 Å². The third-order valence-electron chi connectivity index (χ3n) is 4.98. The minimum atomic E-state index is -0.352. The molecule has 0 saturated heterocycles. The number of rotatable bonds is 8. The summed E-state index contributed by atoms with van der Waals surface area (Å²) in [6.45, 7) is 4.50. The first-order valence-corrected chi connectivity index (χ1v) is 8.80. The number of hydrogen-bond acceptors (Lipinski definition) is 4. The van der Waals surface area contributed by atoms with Gasteiger partial charge in [-0.3, -0.25) is 0 Å². The highest BCUT2D eigenvalue weighted by Crippen LogP contribution is 2.37. The second kappa shape index (κ2) is 7.92. The number of nitrogens with zero attached hydrogens (tertiary/aromatic N) is 2. The van der Waals surface area contributed by atoms with Crippen LogP contribution in [0.3, 0.4) is 0 Å². The quantitative estimate of drug-likeness (QED) is 0.724. The van der Waals surface area contributed by atoms with E-state index in [0.717, 1.165) is 43.3 Å². The Kier molecular flexibility index (Phi) is 6.22. The summed E-state index contributed by atoms with van der Waals surface area (Å²) in [6, 6.07) is 0. The van der Waals surface area contributed by atoms with Crippen molar-refractivity contribution in [3.63, 3.8) is 0 Å². The molecule has 1 aliphatic rings. The van der Waals surface area contributed by atoms with Gasteiger partial charge in [0.1, 0.15) is 0 Å². The van der Waals surface area contributed by atoms with Gasteiger partial charge in [-0.25, -0.2) is 0 Å². The van der Waals surface area contributed by atoms with Crippen LogP contribution in [0.2, 0.25) is 0 Å². The van der Waals surface area contributed by atoms with Gasteiger partial charge >= 0.3 is 0 Å². The van der Waals surface area contributed by atoms with E-state index in [9.17, 15) is 0 Å². The molecule has 1 saturated carbocycles. The molecule has 120 valence electrons. The van der Waals surface area contributed by atoms with Crippen LogP contribution in [-0.4, -0.2) is 10.1 Å². The monoisotopic (exact) mass is 293 g/mol. The Morgan fingerprint density at radius 1 is 1.14 bits per heavy atom. The highest BCUT2D eigenvalue weighted by Gasteiger charge is 2.36. The average molecular weight is 293 g/mol. The van der Waals surface area contributed by atoms with Crippen molar-refractivity contribution in [1.29, 1.82) is 0 Å². The van der Waals surface area contributed by atoms with Gasteiger partial charge in [0.15, 0.2) is 5.82 Å². The molecule has 1 aromatic heterocycles. The highest BCUT2D eigenvalue weighted by molar-refractivity contribution is 5.06. The lowest BCUT2D eigenvalue weighted by Gasteiger charge is -2.34. The number of hydrogen-bond donors (Lipinski definition) is 1. The van der Waals surface area contributed by atoms with Gasteiger partial charge < -0.3 is 10.3 Å². The molecule has 0 bridgehead atoms. The lowest BCUT2D eigenvalue weighted by Crippen LogP contribution is -2.41. The van der Waals surface area contributed by atoms with Crippen molar-refractivity contribution in [2.24, 2.45) is 11.7 Å². The Bertz CT molecular complexity index is 408. The second-order valence-corrected chi connectivity index (χ2v) is 6.68. The fraction of sp³-hybridized carbons (Fsp3) is 0.882. The molecule has 0 aliphatic heterocycles. The topological polar surface area (TPSA) is 64.9 Å². The van der Waals surface area contributed by atoms with Gasteiger partial charge in [0.25, 0.3) is 0 Å². The molecule has 0 radical (unpaired) electrons. The van der Waals surface area contributed by atoms with Crippen molar-refractivity contribution >= 4 is 0 Å². The van der Waals surface area contributed by atoms with Crippen LogP contribution >= 0.6 is 0 Å². The third-order valence-corrected chi connectivity index (χ3v) is 4.98. The Hall–Kier alpha value is -0.900. The summed E-state index contributed by atoms with van der Waals surface area (Å²) in [5.41, 5.74) is 6.17. The van der Waals surface area contributed by atoms with Crippen LogP contribution < -0.4 is 5.73 Å². The Balaban J connectivity index is 1.82. The predicted molar refractivity (Wildman–Crippen MR) is 84.9 cm³/mol. The lowest BCUT2D eigenvalue weighted by molar-refractivity contribution is 0.216. The maximum atomic E-state index is 6.52. The molecule has 1 aromatic rings. The van der Waals surface area contributed by atoms with Crippen LogP contribution in [0.5, 0.6) is 0 Å². The van der Waals surface area contributed by atoms with E-state index in [1.54, 1.807) is 0 Å². The maximum absolute atomic E-state index is 6.52. The van der Waals surface area contributed by atoms with Gasteiger partial charge in [0.05, 0.1) is 5.54 Å².